The maximum atomic E-state index is 13.0. The predicted octanol–water partition coefficient (Wildman–Crippen LogP) is 5.53. The molecule has 1 N–H and O–H groups in total. The molecule has 0 saturated heterocycles. The standard InChI is InChI=1S/C23H17BrN4O/c1-15-5-7-17(8-6-15)22-26-14-20(21(28-22)16-9-11-25-12-10-16)23(29)27-19-4-2-3-18(24)13-19/h2-14H,1H3,(H,27,29). The highest BCUT2D eigenvalue weighted by molar-refractivity contribution is 9.10. The number of halogens is 1. The minimum Gasteiger partial charge on any atom is -0.322 e. The number of carbonyl (C=O) groups is 1. The fourth-order valence-electron chi connectivity index (χ4n) is 2.88. The van der Waals surface area contributed by atoms with Crippen molar-refractivity contribution < 1.29 is 4.79 Å². The van der Waals surface area contributed by atoms with Crippen LogP contribution in [0.5, 0.6) is 0 Å². The highest BCUT2D eigenvalue weighted by Gasteiger charge is 2.17. The summed E-state index contributed by atoms with van der Waals surface area (Å²) in [7, 11) is 0. The van der Waals surface area contributed by atoms with Crippen LogP contribution in [0.3, 0.4) is 0 Å². The van der Waals surface area contributed by atoms with Crippen LogP contribution in [0.2, 0.25) is 0 Å². The Kier molecular flexibility index (Phi) is 5.44. The third-order valence-corrected chi connectivity index (χ3v) is 4.87. The Morgan fingerprint density at radius 2 is 1.72 bits per heavy atom. The normalized spacial score (nSPS) is 10.6. The number of anilines is 1. The van der Waals surface area contributed by atoms with Gasteiger partial charge in [0.25, 0.3) is 5.91 Å². The van der Waals surface area contributed by atoms with E-state index < -0.39 is 0 Å². The molecule has 0 fully saturated rings. The van der Waals surface area contributed by atoms with Crippen LogP contribution in [0.25, 0.3) is 22.6 Å². The average Bonchev–Trinajstić information content (AvgIpc) is 2.74. The van der Waals surface area contributed by atoms with Gasteiger partial charge in [-0.05, 0) is 37.3 Å². The first-order valence-corrected chi connectivity index (χ1v) is 9.81. The first-order chi connectivity index (χ1) is 14.1. The number of aryl methyl sites for hydroxylation is 1. The fourth-order valence-corrected chi connectivity index (χ4v) is 3.28. The van der Waals surface area contributed by atoms with Gasteiger partial charge < -0.3 is 5.32 Å². The fraction of sp³-hybridized carbons (Fsp3) is 0.0435. The molecule has 0 aliphatic rings. The zero-order valence-corrected chi connectivity index (χ0v) is 17.2. The third kappa shape index (κ3) is 4.38. The molecular formula is C23H17BrN4O. The van der Waals surface area contributed by atoms with E-state index in [-0.39, 0.29) is 5.91 Å². The Hall–Kier alpha value is -3.38. The number of benzene rings is 2. The van der Waals surface area contributed by atoms with Crippen LogP contribution in [-0.2, 0) is 0 Å². The van der Waals surface area contributed by atoms with Crippen molar-refractivity contribution in [2.45, 2.75) is 6.92 Å². The van der Waals surface area contributed by atoms with E-state index in [1.165, 1.54) is 0 Å². The van der Waals surface area contributed by atoms with Crippen LogP contribution in [-0.4, -0.2) is 20.9 Å². The van der Waals surface area contributed by atoms with Crippen LogP contribution in [0, 0.1) is 6.92 Å². The average molecular weight is 445 g/mol. The molecule has 5 nitrogen and oxygen atoms in total. The van der Waals surface area contributed by atoms with Crippen LogP contribution in [0.15, 0.2) is 83.7 Å². The second-order valence-electron chi connectivity index (χ2n) is 6.52. The monoisotopic (exact) mass is 444 g/mol. The maximum Gasteiger partial charge on any atom is 0.259 e. The zero-order valence-electron chi connectivity index (χ0n) is 15.6. The minimum absolute atomic E-state index is 0.273. The lowest BCUT2D eigenvalue weighted by Crippen LogP contribution is -2.15. The Bertz CT molecular complexity index is 1160. The van der Waals surface area contributed by atoms with Gasteiger partial charge in [-0.2, -0.15) is 0 Å². The molecule has 0 aliphatic heterocycles. The summed E-state index contributed by atoms with van der Waals surface area (Å²) in [5.74, 6) is 0.293. The van der Waals surface area contributed by atoms with Gasteiger partial charge in [0.1, 0.15) is 0 Å². The molecule has 6 heteroatoms. The number of nitrogens with one attached hydrogen (secondary N) is 1. The Morgan fingerprint density at radius 3 is 2.45 bits per heavy atom. The largest absolute Gasteiger partial charge is 0.322 e. The summed E-state index contributed by atoms with van der Waals surface area (Å²) in [6, 6.07) is 19.1. The maximum absolute atomic E-state index is 13.0. The van der Waals surface area contributed by atoms with Gasteiger partial charge in [-0.15, -0.1) is 0 Å². The molecule has 0 saturated carbocycles. The number of pyridine rings is 1. The molecule has 0 aliphatic carbocycles. The van der Waals surface area contributed by atoms with Gasteiger partial charge in [-0.3, -0.25) is 9.78 Å². The van der Waals surface area contributed by atoms with Crippen molar-refractivity contribution >= 4 is 27.5 Å². The number of amides is 1. The molecule has 2 heterocycles. The number of carbonyl (C=O) groups excluding carboxylic acids is 1. The summed E-state index contributed by atoms with van der Waals surface area (Å²) in [6.07, 6.45) is 4.93. The summed E-state index contributed by atoms with van der Waals surface area (Å²) in [5.41, 5.74) is 4.50. The molecule has 2 aromatic carbocycles. The molecule has 4 rings (SSSR count). The summed E-state index contributed by atoms with van der Waals surface area (Å²) < 4.78 is 0.885. The van der Waals surface area contributed by atoms with Gasteiger partial charge in [0, 0.05) is 39.9 Å². The van der Waals surface area contributed by atoms with E-state index in [0.29, 0.717) is 22.8 Å². The second-order valence-corrected chi connectivity index (χ2v) is 7.44. The molecular weight excluding hydrogens is 428 g/mol. The lowest BCUT2D eigenvalue weighted by molar-refractivity contribution is 0.102. The van der Waals surface area contributed by atoms with Crippen LogP contribution >= 0.6 is 15.9 Å². The molecule has 29 heavy (non-hydrogen) atoms. The van der Waals surface area contributed by atoms with Crippen molar-refractivity contribution in [3.63, 3.8) is 0 Å². The quantitative estimate of drug-likeness (QED) is 0.449. The number of aromatic nitrogens is 3. The Balaban J connectivity index is 1.76. The SMILES string of the molecule is Cc1ccc(-c2ncc(C(=O)Nc3cccc(Br)c3)c(-c3ccncc3)n2)cc1. The summed E-state index contributed by atoms with van der Waals surface area (Å²) in [4.78, 5) is 26.2. The van der Waals surface area contributed by atoms with Gasteiger partial charge in [0.05, 0.1) is 11.3 Å². The van der Waals surface area contributed by atoms with Gasteiger partial charge >= 0.3 is 0 Å². The van der Waals surface area contributed by atoms with E-state index in [9.17, 15) is 4.79 Å². The molecule has 0 radical (unpaired) electrons. The molecule has 4 aromatic rings. The number of rotatable bonds is 4. The number of hydrogen-bond acceptors (Lipinski definition) is 4. The zero-order chi connectivity index (χ0) is 20.2. The van der Waals surface area contributed by atoms with E-state index >= 15 is 0 Å². The van der Waals surface area contributed by atoms with Gasteiger partial charge in [-0.25, -0.2) is 9.97 Å². The van der Waals surface area contributed by atoms with Gasteiger partial charge in [-0.1, -0.05) is 51.8 Å². The van der Waals surface area contributed by atoms with Crippen molar-refractivity contribution in [1.29, 1.82) is 0 Å². The summed E-state index contributed by atoms with van der Waals surface area (Å²) in [6.45, 7) is 2.03. The first kappa shape index (κ1) is 19.0. The van der Waals surface area contributed by atoms with E-state index in [1.807, 2.05) is 67.6 Å². The predicted molar refractivity (Wildman–Crippen MR) is 118 cm³/mol. The number of nitrogens with zero attached hydrogens (tertiary/aromatic N) is 3. The molecule has 0 unspecified atom stereocenters. The molecule has 0 atom stereocenters. The van der Waals surface area contributed by atoms with E-state index in [1.54, 1.807) is 18.6 Å². The third-order valence-electron chi connectivity index (χ3n) is 4.38. The minimum atomic E-state index is -0.273. The smallest absolute Gasteiger partial charge is 0.259 e. The van der Waals surface area contributed by atoms with Crippen LogP contribution < -0.4 is 5.32 Å². The van der Waals surface area contributed by atoms with Crippen molar-refractivity contribution in [2.24, 2.45) is 0 Å². The number of hydrogen-bond donors (Lipinski definition) is 1. The molecule has 1 amide bonds. The van der Waals surface area contributed by atoms with Crippen molar-refractivity contribution in [2.75, 3.05) is 5.32 Å². The molecule has 0 spiro atoms. The Morgan fingerprint density at radius 1 is 0.966 bits per heavy atom. The summed E-state index contributed by atoms with van der Waals surface area (Å²) >= 11 is 3.42. The highest BCUT2D eigenvalue weighted by atomic mass is 79.9. The lowest BCUT2D eigenvalue weighted by atomic mass is 10.1. The van der Waals surface area contributed by atoms with Gasteiger partial charge in [0.2, 0.25) is 0 Å². The van der Waals surface area contributed by atoms with Crippen molar-refractivity contribution in [1.82, 2.24) is 15.0 Å². The first-order valence-electron chi connectivity index (χ1n) is 9.01. The van der Waals surface area contributed by atoms with Crippen molar-refractivity contribution in [3.8, 4) is 22.6 Å². The van der Waals surface area contributed by atoms with Crippen molar-refractivity contribution in [3.05, 3.63) is 94.9 Å². The lowest BCUT2D eigenvalue weighted by Gasteiger charge is -2.11. The second kappa shape index (κ2) is 8.32. The summed E-state index contributed by atoms with van der Waals surface area (Å²) in [5, 5.41) is 2.91. The van der Waals surface area contributed by atoms with Crippen LogP contribution in [0.1, 0.15) is 15.9 Å². The molecule has 142 valence electrons. The molecule has 0 bridgehead atoms. The van der Waals surface area contributed by atoms with E-state index in [2.05, 4.69) is 31.2 Å². The van der Waals surface area contributed by atoms with E-state index in [0.717, 1.165) is 21.2 Å². The Labute approximate surface area is 177 Å². The van der Waals surface area contributed by atoms with Gasteiger partial charge in [0.15, 0.2) is 5.82 Å². The molecule has 2 aromatic heterocycles. The topological polar surface area (TPSA) is 67.8 Å². The van der Waals surface area contributed by atoms with Crippen LogP contribution in [0.4, 0.5) is 5.69 Å². The highest BCUT2D eigenvalue weighted by Crippen LogP contribution is 2.25. The van der Waals surface area contributed by atoms with E-state index in [4.69, 9.17) is 4.98 Å².